The van der Waals surface area contributed by atoms with Crippen LogP contribution in [-0.4, -0.2) is 42.9 Å². The van der Waals surface area contributed by atoms with Crippen LogP contribution in [0.25, 0.3) is 0 Å². The van der Waals surface area contributed by atoms with Crippen LogP contribution in [0, 0.1) is 6.92 Å². The molecule has 0 aliphatic carbocycles. The summed E-state index contributed by atoms with van der Waals surface area (Å²) < 4.78 is 5.28. The molecule has 0 amide bonds. The first-order chi connectivity index (χ1) is 7.75. The first-order valence-electron chi connectivity index (χ1n) is 5.80. The second kappa shape index (κ2) is 5.43. The number of morpholine rings is 1. The summed E-state index contributed by atoms with van der Waals surface area (Å²) in [4.78, 5) is 2.24. The van der Waals surface area contributed by atoms with E-state index in [0.717, 1.165) is 31.9 Å². The minimum atomic E-state index is -0.390. The minimum Gasteiger partial charge on any atom is -0.387 e. The van der Waals surface area contributed by atoms with E-state index < -0.39 is 6.10 Å². The van der Waals surface area contributed by atoms with Gasteiger partial charge in [0, 0.05) is 19.6 Å². The molecule has 1 fully saturated rings. The van der Waals surface area contributed by atoms with Gasteiger partial charge in [-0.15, -0.1) is 0 Å². The van der Waals surface area contributed by atoms with Gasteiger partial charge < -0.3 is 9.84 Å². The first-order valence-corrected chi connectivity index (χ1v) is 5.80. The van der Waals surface area contributed by atoms with Crippen LogP contribution < -0.4 is 0 Å². The number of β-amino-alcohol motifs (C(OH)–C–C–N with tert-alkyl or cyclic N) is 1. The SMILES string of the molecule is Cc1ccc(C(O)CN2CCOCC2)cc1. The van der Waals surface area contributed by atoms with Gasteiger partial charge in [-0.3, -0.25) is 4.90 Å². The Labute approximate surface area is 96.6 Å². The largest absolute Gasteiger partial charge is 0.387 e. The van der Waals surface area contributed by atoms with Crippen molar-refractivity contribution in [1.82, 2.24) is 4.90 Å². The van der Waals surface area contributed by atoms with Gasteiger partial charge in [-0.1, -0.05) is 29.8 Å². The molecular formula is C13H19NO2. The summed E-state index contributed by atoms with van der Waals surface area (Å²) in [6, 6.07) is 8.08. The zero-order valence-corrected chi connectivity index (χ0v) is 9.72. The third kappa shape index (κ3) is 3.04. The Morgan fingerprint density at radius 2 is 1.88 bits per heavy atom. The van der Waals surface area contributed by atoms with Crippen LogP contribution in [0.15, 0.2) is 24.3 Å². The predicted molar refractivity (Wildman–Crippen MR) is 63.4 cm³/mol. The molecule has 3 heteroatoms. The third-order valence-corrected chi connectivity index (χ3v) is 3.00. The molecule has 1 aromatic rings. The van der Waals surface area contributed by atoms with Crippen molar-refractivity contribution in [1.29, 1.82) is 0 Å². The maximum Gasteiger partial charge on any atom is 0.0916 e. The minimum absolute atomic E-state index is 0.390. The monoisotopic (exact) mass is 221 g/mol. The molecule has 1 aliphatic heterocycles. The van der Waals surface area contributed by atoms with E-state index in [1.807, 2.05) is 24.3 Å². The van der Waals surface area contributed by atoms with Crippen molar-refractivity contribution in [3.05, 3.63) is 35.4 Å². The van der Waals surface area contributed by atoms with Gasteiger partial charge in [0.2, 0.25) is 0 Å². The van der Waals surface area contributed by atoms with Crippen LogP contribution in [-0.2, 0) is 4.74 Å². The average molecular weight is 221 g/mol. The Kier molecular flexibility index (Phi) is 3.93. The Morgan fingerprint density at radius 3 is 2.50 bits per heavy atom. The standard InChI is InChI=1S/C13H19NO2/c1-11-2-4-12(5-3-11)13(15)10-14-6-8-16-9-7-14/h2-5,13,15H,6-10H2,1H3. The molecular weight excluding hydrogens is 202 g/mol. The molecule has 1 N–H and O–H groups in total. The van der Waals surface area contributed by atoms with Gasteiger partial charge >= 0.3 is 0 Å². The summed E-state index contributed by atoms with van der Waals surface area (Å²) in [6.45, 7) is 6.15. The first kappa shape index (κ1) is 11.6. The number of rotatable bonds is 3. The summed E-state index contributed by atoms with van der Waals surface area (Å²) in [5, 5.41) is 10.1. The van der Waals surface area contributed by atoms with Crippen molar-refractivity contribution in [2.75, 3.05) is 32.8 Å². The number of benzene rings is 1. The van der Waals surface area contributed by atoms with Gasteiger partial charge in [0.1, 0.15) is 0 Å². The molecule has 1 saturated heterocycles. The fraction of sp³-hybridized carbons (Fsp3) is 0.538. The van der Waals surface area contributed by atoms with E-state index in [1.165, 1.54) is 5.56 Å². The molecule has 0 spiro atoms. The van der Waals surface area contributed by atoms with Crippen molar-refractivity contribution in [3.8, 4) is 0 Å². The smallest absolute Gasteiger partial charge is 0.0916 e. The van der Waals surface area contributed by atoms with Crippen LogP contribution in [0.1, 0.15) is 17.2 Å². The second-order valence-corrected chi connectivity index (χ2v) is 4.34. The highest BCUT2D eigenvalue weighted by molar-refractivity contribution is 5.23. The molecule has 1 aromatic carbocycles. The van der Waals surface area contributed by atoms with Crippen LogP contribution in [0.4, 0.5) is 0 Å². The van der Waals surface area contributed by atoms with Crippen LogP contribution in [0.2, 0.25) is 0 Å². The van der Waals surface area contributed by atoms with Gasteiger partial charge in [0.05, 0.1) is 19.3 Å². The van der Waals surface area contributed by atoms with Gasteiger partial charge in [0.25, 0.3) is 0 Å². The zero-order chi connectivity index (χ0) is 11.4. The molecule has 1 aliphatic rings. The zero-order valence-electron chi connectivity index (χ0n) is 9.72. The summed E-state index contributed by atoms with van der Waals surface area (Å²) in [6.07, 6.45) is -0.390. The Bertz CT molecular complexity index is 317. The Hall–Kier alpha value is -0.900. The maximum atomic E-state index is 10.1. The molecule has 1 unspecified atom stereocenters. The number of hydrogen-bond donors (Lipinski definition) is 1. The van der Waals surface area contributed by atoms with Crippen LogP contribution >= 0.6 is 0 Å². The maximum absolute atomic E-state index is 10.1. The fourth-order valence-electron chi connectivity index (χ4n) is 1.92. The van der Waals surface area contributed by atoms with Crippen LogP contribution in [0.3, 0.4) is 0 Å². The highest BCUT2D eigenvalue weighted by Gasteiger charge is 2.15. The van der Waals surface area contributed by atoms with Gasteiger partial charge in [0.15, 0.2) is 0 Å². The predicted octanol–water partition coefficient (Wildman–Crippen LogP) is 1.36. The number of ether oxygens (including phenoxy) is 1. The molecule has 1 heterocycles. The van der Waals surface area contributed by atoms with E-state index in [9.17, 15) is 5.11 Å². The summed E-state index contributed by atoms with van der Waals surface area (Å²) in [5.74, 6) is 0. The normalized spacial score (nSPS) is 19.6. The molecule has 16 heavy (non-hydrogen) atoms. The Morgan fingerprint density at radius 1 is 1.25 bits per heavy atom. The summed E-state index contributed by atoms with van der Waals surface area (Å²) in [7, 11) is 0. The van der Waals surface area contributed by atoms with E-state index in [4.69, 9.17) is 4.74 Å². The average Bonchev–Trinajstić information content (AvgIpc) is 2.31. The molecule has 0 bridgehead atoms. The van der Waals surface area contributed by atoms with Crippen molar-refractivity contribution in [2.45, 2.75) is 13.0 Å². The van der Waals surface area contributed by atoms with Gasteiger partial charge in [-0.05, 0) is 12.5 Å². The Balaban J connectivity index is 1.91. The highest BCUT2D eigenvalue weighted by atomic mass is 16.5. The molecule has 88 valence electrons. The van der Waals surface area contributed by atoms with E-state index in [-0.39, 0.29) is 0 Å². The summed E-state index contributed by atoms with van der Waals surface area (Å²) >= 11 is 0. The molecule has 3 nitrogen and oxygen atoms in total. The van der Waals surface area contributed by atoms with E-state index in [2.05, 4.69) is 11.8 Å². The van der Waals surface area contributed by atoms with E-state index in [1.54, 1.807) is 0 Å². The lowest BCUT2D eigenvalue weighted by Gasteiger charge is -2.28. The molecule has 2 rings (SSSR count). The van der Waals surface area contributed by atoms with E-state index in [0.29, 0.717) is 6.54 Å². The molecule has 0 radical (unpaired) electrons. The number of aryl methyl sites for hydroxylation is 1. The van der Waals surface area contributed by atoms with Crippen molar-refractivity contribution >= 4 is 0 Å². The third-order valence-electron chi connectivity index (χ3n) is 3.00. The van der Waals surface area contributed by atoms with E-state index >= 15 is 0 Å². The van der Waals surface area contributed by atoms with Crippen molar-refractivity contribution < 1.29 is 9.84 Å². The summed E-state index contributed by atoms with van der Waals surface area (Å²) in [5.41, 5.74) is 2.22. The second-order valence-electron chi connectivity index (χ2n) is 4.34. The van der Waals surface area contributed by atoms with Gasteiger partial charge in [-0.2, -0.15) is 0 Å². The van der Waals surface area contributed by atoms with Crippen molar-refractivity contribution in [2.24, 2.45) is 0 Å². The quantitative estimate of drug-likeness (QED) is 0.836. The number of aliphatic hydroxyl groups excluding tert-OH is 1. The molecule has 1 atom stereocenters. The van der Waals surface area contributed by atoms with Crippen LogP contribution in [0.5, 0.6) is 0 Å². The van der Waals surface area contributed by atoms with Crippen molar-refractivity contribution in [3.63, 3.8) is 0 Å². The number of hydrogen-bond acceptors (Lipinski definition) is 3. The van der Waals surface area contributed by atoms with Gasteiger partial charge in [-0.25, -0.2) is 0 Å². The lowest BCUT2D eigenvalue weighted by atomic mass is 10.1. The number of nitrogens with zero attached hydrogens (tertiary/aromatic N) is 1. The molecule has 0 aromatic heterocycles. The molecule has 0 saturated carbocycles. The highest BCUT2D eigenvalue weighted by Crippen LogP contribution is 2.15. The lowest BCUT2D eigenvalue weighted by molar-refractivity contribution is 0.0143. The lowest BCUT2D eigenvalue weighted by Crippen LogP contribution is -2.38. The number of aliphatic hydroxyl groups is 1. The topological polar surface area (TPSA) is 32.7 Å². The fourth-order valence-corrected chi connectivity index (χ4v) is 1.92.